The number of hydrogen-bond donors (Lipinski definition) is 1. The molecule has 9 heteroatoms. The lowest BCUT2D eigenvalue weighted by molar-refractivity contribution is -0.132. The van der Waals surface area contributed by atoms with Crippen molar-refractivity contribution in [3.05, 3.63) is 40.7 Å². The lowest BCUT2D eigenvalue weighted by atomic mass is 9.88. The first-order chi connectivity index (χ1) is 14.0. The fourth-order valence-electron chi connectivity index (χ4n) is 3.66. The van der Waals surface area contributed by atoms with Gasteiger partial charge in [-0.1, -0.05) is 16.8 Å². The Morgan fingerprint density at radius 2 is 2.03 bits per heavy atom. The van der Waals surface area contributed by atoms with Gasteiger partial charge < -0.3 is 19.5 Å². The number of nitrogens with zero attached hydrogens (tertiary/aromatic N) is 2. The second-order valence-corrected chi connectivity index (χ2v) is 7.57. The van der Waals surface area contributed by atoms with Crippen LogP contribution in [0, 0.1) is 5.92 Å². The second kappa shape index (κ2) is 8.24. The fourth-order valence-corrected chi connectivity index (χ4v) is 3.81. The monoisotopic (exact) mass is 417 g/mol. The van der Waals surface area contributed by atoms with Crippen molar-refractivity contribution in [2.75, 3.05) is 25.0 Å². The molecule has 1 fully saturated rings. The minimum Gasteiger partial charge on any atom is -0.482 e. The van der Waals surface area contributed by atoms with Crippen molar-refractivity contribution in [2.24, 2.45) is 5.92 Å². The van der Waals surface area contributed by atoms with Crippen LogP contribution in [0.4, 0.5) is 5.69 Å². The van der Waals surface area contributed by atoms with Crippen LogP contribution in [0.25, 0.3) is 0 Å². The largest absolute Gasteiger partial charge is 0.482 e. The molecular formula is C20H20ClN3O5. The molecule has 4 rings (SSSR count). The quantitative estimate of drug-likeness (QED) is 0.750. The number of carbonyl (C=O) groups excluding carboxylic acids is 3. The predicted molar refractivity (Wildman–Crippen MR) is 104 cm³/mol. The van der Waals surface area contributed by atoms with E-state index in [1.54, 1.807) is 29.2 Å². The molecule has 152 valence electrons. The highest BCUT2D eigenvalue weighted by molar-refractivity contribution is 6.29. The number of amides is 2. The highest BCUT2D eigenvalue weighted by Crippen LogP contribution is 2.31. The molecular weight excluding hydrogens is 398 g/mol. The van der Waals surface area contributed by atoms with Crippen LogP contribution in [0.5, 0.6) is 5.75 Å². The third-order valence-electron chi connectivity index (χ3n) is 5.23. The zero-order valence-corrected chi connectivity index (χ0v) is 16.4. The molecule has 2 aliphatic rings. The van der Waals surface area contributed by atoms with Crippen LogP contribution in [0.1, 0.15) is 35.4 Å². The van der Waals surface area contributed by atoms with Crippen LogP contribution in [0.15, 0.2) is 28.8 Å². The average Bonchev–Trinajstić information content (AvgIpc) is 3.16. The van der Waals surface area contributed by atoms with Crippen LogP contribution in [0.3, 0.4) is 0 Å². The molecule has 3 heterocycles. The maximum atomic E-state index is 12.9. The van der Waals surface area contributed by atoms with Gasteiger partial charge in [0.25, 0.3) is 5.91 Å². The van der Waals surface area contributed by atoms with Gasteiger partial charge in [-0.25, -0.2) is 0 Å². The fraction of sp³-hybridized carbons (Fsp3) is 0.400. The Morgan fingerprint density at radius 1 is 1.24 bits per heavy atom. The van der Waals surface area contributed by atoms with Gasteiger partial charge in [-0.05, 0) is 31.0 Å². The number of Topliss-reactive ketones (excluding diaryl/α,β-unsaturated/α-hetero) is 1. The first-order valence-corrected chi connectivity index (χ1v) is 9.87. The number of fused-ring (bicyclic) bond motifs is 1. The van der Waals surface area contributed by atoms with Crippen molar-refractivity contribution in [1.29, 1.82) is 0 Å². The van der Waals surface area contributed by atoms with Crippen LogP contribution < -0.4 is 10.1 Å². The number of carbonyl (C=O) groups is 3. The summed E-state index contributed by atoms with van der Waals surface area (Å²) < 4.78 is 10.3. The maximum absolute atomic E-state index is 12.9. The number of aryl methyl sites for hydroxylation is 1. The van der Waals surface area contributed by atoms with Crippen molar-refractivity contribution >= 4 is 34.9 Å². The lowest BCUT2D eigenvalue weighted by Crippen LogP contribution is -2.40. The minimum atomic E-state index is -0.235. The molecule has 2 amide bonds. The summed E-state index contributed by atoms with van der Waals surface area (Å²) in [7, 11) is 0. The Kier molecular flexibility index (Phi) is 5.53. The molecule has 0 radical (unpaired) electrons. The Hall–Kier alpha value is -2.87. The summed E-state index contributed by atoms with van der Waals surface area (Å²) in [6.07, 6.45) is 1.98. The van der Waals surface area contributed by atoms with E-state index in [0.717, 1.165) is 0 Å². The van der Waals surface area contributed by atoms with E-state index in [4.69, 9.17) is 20.9 Å². The van der Waals surface area contributed by atoms with Crippen molar-refractivity contribution in [3.63, 3.8) is 0 Å². The number of halogens is 1. The Morgan fingerprint density at radius 3 is 2.76 bits per heavy atom. The second-order valence-electron chi connectivity index (χ2n) is 7.18. The molecule has 0 bridgehead atoms. The van der Waals surface area contributed by atoms with Gasteiger partial charge in [0, 0.05) is 43.5 Å². The van der Waals surface area contributed by atoms with E-state index in [0.29, 0.717) is 61.5 Å². The number of piperidine rings is 1. The van der Waals surface area contributed by atoms with Gasteiger partial charge in [0.2, 0.25) is 5.91 Å². The highest BCUT2D eigenvalue weighted by atomic mass is 35.5. The first-order valence-electron chi connectivity index (χ1n) is 9.49. The van der Waals surface area contributed by atoms with Gasteiger partial charge in [-0.2, -0.15) is 0 Å². The van der Waals surface area contributed by atoms with Gasteiger partial charge in [-0.15, -0.1) is 0 Å². The predicted octanol–water partition coefficient (Wildman–Crippen LogP) is 2.71. The first kappa shape index (κ1) is 19.4. The number of ketones is 1. The summed E-state index contributed by atoms with van der Waals surface area (Å²) in [5.74, 6) is 0.812. The number of benzene rings is 1. The molecule has 1 N–H and O–H groups in total. The molecule has 2 aromatic rings. The number of rotatable bonds is 5. The molecule has 29 heavy (non-hydrogen) atoms. The standard InChI is InChI=1S/C20H20ClN3O5/c21-17-10-14(29-23-17)2-4-19(26)24-7-5-12(6-8-24)20(27)13-1-3-16-15(9-13)22-18(25)11-28-16/h1,3,9-10,12H,2,4-8,11H2,(H,22,25). The number of nitrogens with one attached hydrogen (secondary N) is 1. The van der Waals surface area contributed by atoms with E-state index >= 15 is 0 Å². The third-order valence-corrected chi connectivity index (χ3v) is 5.41. The molecule has 1 aromatic heterocycles. The number of hydrogen-bond acceptors (Lipinski definition) is 6. The number of aromatic nitrogens is 1. The summed E-state index contributed by atoms with van der Waals surface area (Å²) >= 11 is 5.71. The van der Waals surface area contributed by atoms with E-state index in [1.165, 1.54) is 0 Å². The topological polar surface area (TPSA) is 102 Å². The van der Waals surface area contributed by atoms with Gasteiger partial charge in [0.05, 0.1) is 5.69 Å². The minimum absolute atomic E-state index is 0.0176. The van der Waals surface area contributed by atoms with Crippen LogP contribution in [-0.4, -0.2) is 47.4 Å². The van der Waals surface area contributed by atoms with Crippen molar-refractivity contribution in [2.45, 2.75) is 25.7 Å². The SMILES string of the molecule is O=C1COc2ccc(C(=O)C3CCN(C(=O)CCc4cc(Cl)no4)CC3)cc2N1. The Labute approximate surface area is 172 Å². The lowest BCUT2D eigenvalue weighted by Gasteiger charge is -2.31. The highest BCUT2D eigenvalue weighted by Gasteiger charge is 2.29. The van der Waals surface area contributed by atoms with Crippen LogP contribution in [-0.2, 0) is 16.0 Å². The number of anilines is 1. The third kappa shape index (κ3) is 4.42. The smallest absolute Gasteiger partial charge is 0.262 e. The summed E-state index contributed by atoms with van der Waals surface area (Å²) in [4.78, 5) is 38.5. The van der Waals surface area contributed by atoms with E-state index in [9.17, 15) is 14.4 Å². The average molecular weight is 418 g/mol. The Balaban J connectivity index is 1.31. The molecule has 0 saturated carbocycles. The zero-order chi connectivity index (χ0) is 20.4. The summed E-state index contributed by atoms with van der Waals surface area (Å²) in [6, 6.07) is 6.69. The van der Waals surface area contributed by atoms with Crippen molar-refractivity contribution < 1.29 is 23.6 Å². The van der Waals surface area contributed by atoms with E-state index in [1.807, 2.05) is 0 Å². The normalized spacial score (nSPS) is 16.7. The number of ether oxygens (including phenoxy) is 1. The van der Waals surface area contributed by atoms with Crippen molar-refractivity contribution in [1.82, 2.24) is 10.1 Å². The molecule has 0 aliphatic carbocycles. The molecule has 2 aliphatic heterocycles. The van der Waals surface area contributed by atoms with Gasteiger partial charge >= 0.3 is 0 Å². The van der Waals surface area contributed by atoms with Crippen LogP contribution >= 0.6 is 11.6 Å². The van der Waals surface area contributed by atoms with E-state index in [-0.39, 0.29) is 35.3 Å². The molecule has 1 aromatic carbocycles. The molecule has 1 saturated heterocycles. The maximum Gasteiger partial charge on any atom is 0.262 e. The van der Waals surface area contributed by atoms with E-state index in [2.05, 4.69) is 10.5 Å². The van der Waals surface area contributed by atoms with Gasteiger partial charge in [0.15, 0.2) is 17.5 Å². The molecule has 0 atom stereocenters. The van der Waals surface area contributed by atoms with Crippen molar-refractivity contribution in [3.8, 4) is 5.75 Å². The summed E-state index contributed by atoms with van der Waals surface area (Å²) in [5.41, 5.74) is 1.06. The molecule has 8 nitrogen and oxygen atoms in total. The Bertz CT molecular complexity index is 949. The summed E-state index contributed by atoms with van der Waals surface area (Å²) in [5, 5.41) is 6.59. The zero-order valence-electron chi connectivity index (χ0n) is 15.7. The van der Waals surface area contributed by atoms with Gasteiger partial charge in [0.1, 0.15) is 11.5 Å². The number of likely N-dealkylation sites (tertiary alicyclic amines) is 1. The molecule has 0 unspecified atom stereocenters. The molecule has 0 spiro atoms. The summed E-state index contributed by atoms with van der Waals surface area (Å²) in [6.45, 7) is 1.06. The van der Waals surface area contributed by atoms with Gasteiger partial charge in [-0.3, -0.25) is 14.4 Å². The van der Waals surface area contributed by atoms with Crippen LogP contribution in [0.2, 0.25) is 5.15 Å². The van der Waals surface area contributed by atoms with E-state index < -0.39 is 0 Å².